The molecule has 0 unspecified atom stereocenters. The maximum atomic E-state index is 12.4. The number of fused-ring (bicyclic) bond motifs is 3. The summed E-state index contributed by atoms with van der Waals surface area (Å²) in [6.45, 7) is 1.89. The van der Waals surface area contributed by atoms with E-state index in [0.717, 1.165) is 33.9 Å². The van der Waals surface area contributed by atoms with Gasteiger partial charge in [0.05, 0.1) is 21.5 Å². The van der Waals surface area contributed by atoms with Gasteiger partial charge in [0.1, 0.15) is 15.7 Å². The number of halogens is 2. The molecule has 26 heavy (non-hydrogen) atoms. The third-order valence-corrected chi connectivity index (χ3v) is 7.00. The highest BCUT2D eigenvalue weighted by molar-refractivity contribution is 8.00. The highest BCUT2D eigenvalue weighted by Crippen LogP contribution is 2.40. The zero-order valence-electron chi connectivity index (χ0n) is 13.9. The van der Waals surface area contributed by atoms with Gasteiger partial charge in [-0.25, -0.2) is 9.97 Å². The van der Waals surface area contributed by atoms with Crippen LogP contribution in [0.25, 0.3) is 10.2 Å². The van der Waals surface area contributed by atoms with Crippen LogP contribution in [0.5, 0.6) is 0 Å². The predicted molar refractivity (Wildman–Crippen MR) is 110 cm³/mol. The fourth-order valence-electron chi connectivity index (χ4n) is 3.10. The Morgan fingerprint density at radius 3 is 2.81 bits per heavy atom. The Bertz CT molecular complexity index is 999. The number of para-hydroxylation sites is 1. The van der Waals surface area contributed by atoms with Gasteiger partial charge in [-0.15, -0.1) is 11.3 Å². The zero-order valence-corrected chi connectivity index (χ0v) is 17.1. The fourth-order valence-corrected chi connectivity index (χ4v) is 5.86. The molecule has 1 aliphatic carbocycles. The average molecular weight is 424 g/mol. The minimum atomic E-state index is -0.165. The number of aryl methyl sites for hydroxylation is 3. The molecule has 0 saturated carbocycles. The third-order valence-electron chi connectivity index (χ3n) is 4.21. The summed E-state index contributed by atoms with van der Waals surface area (Å²) < 4.78 is 0. The van der Waals surface area contributed by atoms with Gasteiger partial charge in [-0.05, 0) is 43.9 Å². The SMILES string of the molecule is Cc1nc(SCC(=O)Nc2c(Cl)cccc2Cl)c2c3c(sc2n1)CCC3. The number of rotatable bonds is 4. The van der Waals surface area contributed by atoms with Crippen molar-refractivity contribution >= 4 is 68.1 Å². The Morgan fingerprint density at radius 2 is 2.04 bits per heavy atom. The van der Waals surface area contributed by atoms with Crippen molar-refractivity contribution in [1.29, 1.82) is 0 Å². The Labute approximate surface area is 169 Å². The summed E-state index contributed by atoms with van der Waals surface area (Å²) in [4.78, 5) is 24.0. The van der Waals surface area contributed by atoms with E-state index < -0.39 is 0 Å². The van der Waals surface area contributed by atoms with Gasteiger partial charge in [0.2, 0.25) is 5.91 Å². The van der Waals surface area contributed by atoms with Crippen LogP contribution in [0, 0.1) is 6.92 Å². The number of carbonyl (C=O) groups excluding carboxylic acids is 1. The van der Waals surface area contributed by atoms with Crippen molar-refractivity contribution < 1.29 is 4.79 Å². The van der Waals surface area contributed by atoms with Crippen LogP contribution in [0.15, 0.2) is 23.2 Å². The van der Waals surface area contributed by atoms with Gasteiger partial charge in [0.15, 0.2) is 0 Å². The van der Waals surface area contributed by atoms with Crippen LogP contribution in [0.4, 0.5) is 5.69 Å². The van der Waals surface area contributed by atoms with Gasteiger partial charge in [0.25, 0.3) is 0 Å². The van der Waals surface area contributed by atoms with Crippen molar-refractivity contribution in [3.8, 4) is 0 Å². The summed E-state index contributed by atoms with van der Waals surface area (Å²) in [7, 11) is 0. The molecule has 1 N–H and O–H groups in total. The monoisotopic (exact) mass is 423 g/mol. The number of hydrogen-bond acceptors (Lipinski definition) is 5. The van der Waals surface area contributed by atoms with E-state index in [1.165, 1.54) is 28.6 Å². The second-order valence-electron chi connectivity index (χ2n) is 6.05. The predicted octanol–water partition coefficient (Wildman–Crippen LogP) is 5.53. The second kappa shape index (κ2) is 7.35. The molecule has 3 aromatic rings. The molecule has 2 aromatic heterocycles. The van der Waals surface area contributed by atoms with E-state index in [9.17, 15) is 4.79 Å². The number of hydrogen-bond donors (Lipinski definition) is 1. The van der Waals surface area contributed by atoms with Gasteiger partial charge >= 0.3 is 0 Å². The first kappa shape index (κ1) is 18.0. The standard InChI is InChI=1S/C18H15Cl2N3OS2/c1-9-21-17(15-10-4-2-7-13(10)26-18(15)22-9)25-8-14(24)23-16-11(19)5-3-6-12(16)20/h3,5-6H,2,4,7-8H2,1H3,(H,23,24). The molecule has 4 nitrogen and oxygen atoms in total. The van der Waals surface area contributed by atoms with Crippen LogP contribution in [0.2, 0.25) is 10.0 Å². The molecule has 8 heteroatoms. The maximum Gasteiger partial charge on any atom is 0.234 e. The van der Waals surface area contributed by atoms with Crippen molar-refractivity contribution in [1.82, 2.24) is 9.97 Å². The number of thiophene rings is 1. The lowest BCUT2D eigenvalue weighted by atomic mass is 10.2. The third kappa shape index (κ3) is 3.43. The molecule has 0 bridgehead atoms. The van der Waals surface area contributed by atoms with Crippen molar-refractivity contribution in [2.75, 3.05) is 11.1 Å². The second-order valence-corrected chi connectivity index (χ2v) is 8.91. The minimum Gasteiger partial charge on any atom is -0.323 e. The molecule has 0 aliphatic heterocycles. The van der Waals surface area contributed by atoms with E-state index >= 15 is 0 Å². The van der Waals surface area contributed by atoms with Crippen molar-refractivity contribution in [3.05, 3.63) is 44.5 Å². The van der Waals surface area contributed by atoms with Crippen LogP contribution < -0.4 is 5.32 Å². The minimum absolute atomic E-state index is 0.165. The van der Waals surface area contributed by atoms with E-state index in [2.05, 4.69) is 15.3 Å². The van der Waals surface area contributed by atoms with Gasteiger partial charge in [0, 0.05) is 10.3 Å². The summed E-state index contributed by atoms with van der Waals surface area (Å²) in [6.07, 6.45) is 3.36. The molecular weight excluding hydrogens is 409 g/mol. The Balaban J connectivity index is 1.55. The van der Waals surface area contributed by atoms with Gasteiger partial charge in [-0.2, -0.15) is 0 Å². The Hall–Kier alpha value is -1.34. The average Bonchev–Trinajstić information content (AvgIpc) is 3.16. The summed E-state index contributed by atoms with van der Waals surface area (Å²) in [6, 6.07) is 5.14. The summed E-state index contributed by atoms with van der Waals surface area (Å²) in [5.74, 6) is 0.799. The van der Waals surface area contributed by atoms with Crippen LogP contribution in [0.3, 0.4) is 0 Å². The molecule has 1 amide bonds. The van der Waals surface area contributed by atoms with Crippen LogP contribution in [0.1, 0.15) is 22.7 Å². The molecule has 1 aromatic carbocycles. The Morgan fingerprint density at radius 1 is 1.27 bits per heavy atom. The van der Waals surface area contributed by atoms with Crippen LogP contribution in [-0.2, 0) is 17.6 Å². The first-order valence-electron chi connectivity index (χ1n) is 8.18. The van der Waals surface area contributed by atoms with Crippen molar-refractivity contribution in [2.24, 2.45) is 0 Å². The largest absolute Gasteiger partial charge is 0.323 e. The number of carbonyl (C=O) groups is 1. The molecular formula is C18H15Cl2N3OS2. The summed E-state index contributed by atoms with van der Waals surface area (Å²) >= 11 is 15.4. The first-order chi connectivity index (χ1) is 12.5. The quantitative estimate of drug-likeness (QED) is 0.442. The zero-order chi connectivity index (χ0) is 18.3. The lowest BCUT2D eigenvalue weighted by Gasteiger charge is -2.09. The number of amides is 1. The smallest absolute Gasteiger partial charge is 0.234 e. The topological polar surface area (TPSA) is 54.9 Å². The lowest BCUT2D eigenvalue weighted by molar-refractivity contribution is -0.113. The molecule has 2 heterocycles. The maximum absolute atomic E-state index is 12.4. The van der Waals surface area contributed by atoms with Crippen LogP contribution >= 0.6 is 46.3 Å². The number of nitrogens with zero attached hydrogens (tertiary/aromatic N) is 2. The number of aromatic nitrogens is 2. The molecule has 0 radical (unpaired) electrons. The summed E-state index contributed by atoms with van der Waals surface area (Å²) in [5, 5.41) is 5.65. The number of thioether (sulfide) groups is 1. The fraction of sp³-hybridized carbons (Fsp3) is 0.278. The van der Waals surface area contributed by atoms with E-state index in [1.807, 2.05) is 6.92 Å². The van der Waals surface area contributed by atoms with Gasteiger partial charge < -0.3 is 5.32 Å². The van der Waals surface area contributed by atoms with Crippen LogP contribution in [-0.4, -0.2) is 21.6 Å². The van der Waals surface area contributed by atoms with Gasteiger partial charge in [-0.1, -0.05) is 41.0 Å². The highest BCUT2D eigenvalue weighted by atomic mass is 35.5. The lowest BCUT2D eigenvalue weighted by Crippen LogP contribution is -2.15. The van der Waals surface area contributed by atoms with E-state index in [1.54, 1.807) is 29.5 Å². The molecule has 0 atom stereocenters. The number of benzene rings is 1. The number of anilines is 1. The molecule has 0 saturated heterocycles. The first-order valence-corrected chi connectivity index (χ1v) is 10.7. The van der Waals surface area contributed by atoms with Crippen molar-refractivity contribution in [2.45, 2.75) is 31.2 Å². The molecule has 1 aliphatic rings. The molecule has 0 fully saturated rings. The van der Waals surface area contributed by atoms with E-state index in [0.29, 0.717) is 15.7 Å². The van der Waals surface area contributed by atoms with E-state index in [-0.39, 0.29) is 11.7 Å². The normalized spacial score (nSPS) is 13.2. The molecule has 4 rings (SSSR count). The Kier molecular flexibility index (Phi) is 5.10. The molecule has 0 spiro atoms. The van der Waals surface area contributed by atoms with Gasteiger partial charge in [-0.3, -0.25) is 4.79 Å². The molecule has 134 valence electrons. The summed E-state index contributed by atoms with van der Waals surface area (Å²) in [5.41, 5.74) is 1.81. The van der Waals surface area contributed by atoms with E-state index in [4.69, 9.17) is 23.2 Å². The number of nitrogens with one attached hydrogen (secondary N) is 1. The van der Waals surface area contributed by atoms with Crippen molar-refractivity contribution in [3.63, 3.8) is 0 Å². The highest BCUT2D eigenvalue weighted by Gasteiger charge is 2.22.